The number of rotatable bonds is 1. The highest BCUT2D eigenvalue weighted by atomic mass is 16.2. The van der Waals surface area contributed by atoms with Crippen molar-refractivity contribution in [3.63, 3.8) is 0 Å². The summed E-state index contributed by atoms with van der Waals surface area (Å²) in [5.41, 5.74) is 0.972. The second-order valence-corrected chi connectivity index (χ2v) is 2.92. The minimum absolute atomic E-state index is 0.222. The van der Waals surface area contributed by atoms with Crippen molar-refractivity contribution in [1.29, 1.82) is 0 Å². The Balaban J connectivity index is 2.72. The standard InChI is InChI=1S/C8H13NO/c1-6(2)9-7(3)4-5-8(9)10/h6H,3-5H2,1-2H3. The molecule has 0 aliphatic carbocycles. The molecule has 0 bridgehead atoms. The lowest BCUT2D eigenvalue weighted by Crippen LogP contribution is -2.29. The molecule has 1 aliphatic rings. The molecule has 1 heterocycles. The van der Waals surface area contributed by atoms with Crippen molar-refractivity contribution < 1.29 is 4.79 Å². The molecule has 0 atom stereocenters. The van der Waals surface area contributed by atoms with Crippen LogP contribution in [0, 0.1) is 0 Å². The van der Waals surface area contributed by atoms with Gasteiger partial charge in [0, 0.05) is 18.2 Å². The topological polar surface area (TPSA) is 20.3 Å². The Hall–Kier alpha value is -0.790. The van der Waals surface area contributed by atoms with E-state index in [4.69, 9.17) is 0 Å². The zero-order chi connectivity index (χ0) is 7.72. The number of hydrogen-bond donors (Lipinski definition) is 0. The predicted molar refractivity (Wildman–Crippen MR) is 40.4 cm³/mol. The third kappa shape index (κ3) is 1.06. The molecule has 0 aromatic carbocycles. The van der Waals surface area contributed by atoms with Gasteiger partial charge in [0.1, 0.15) is 0 Å². The summed E-state index contributed by atoms with van der Waals surface area (Å²) in [5, 5.41) is 0. The van der Waals surface area contributed by atoms with E-state index in [9.17, 15) is 4.79 Å². The van der Waals surface area contributed by atoms with Gasteiger partial charge in [-0.3, -0.25) is 4.79 Å². The lowest BCUT2D eigenvalue weighted by molar-refractivity contribution is -0.127. The van der Waals surface area contributed by atoms with Crippen LogP contribution in [0.5, 0.6) is 0 Å². The Morgan fingerprint density at radius 2 is 2.10 bits per heavy atom. The van der Waals surface area contributed by atoms with Crippen LogP contribution < -0.4 is 0 Å². The van der Waals surface area contributed by atoms with Crippen LogP contribution in [-0.2, 0) is 4.79 Å². The first-order valence-electron chi connectivity index (χ1n) is 3.62. The highest BCUT2D eigenvalue weighted by Gasteiger charge is 2.25. The van der Waals surface area contributed by atoms with Gasteiger partial charge in [-0.1, -0.05) is 6.58 Å². The Kier molecular flexibility index (Phi) is 1.79. The number of hydrogen-bond acceptors (Lipinski definition) is 1. The monoisotopic (exact) mass is 139 g/mol. The van der Waals surface area contributed by atoms with E-state index in [1.807, 2.05) is 13.8 Å². The van der Waals surface area contributed by atoms with Crippen LogP contribution in [0.3, 0.4) is 0 Å². The fourth-order valence-corrected chi connectivity index (χ4v) is 1.32. The van der Waals surface area contributed by atoms with Gasteiger partial charge in [0.05, 0.1) is 0 Å². The summed E-state index contributed by atoms with van der Waals surface area (Å²) in [4.78, 5) is 12.9. The third-order valence-corrected chi connectivity index (χ3v) is 1.75. The maximum Gasteiger partial charge on any atom is 0.227 e. The summed E-state index contributed by atoms with van der Waals surface area (Å²) < 4.78 is 0. The van der Waals surface area contributed by atoms with Gasteiger partial charge in [-0.2, -0.15) is 0 Å². The summed E-state index contributed by atoms with van der Waals surface area (Å²) in [5.74, 6) is 0.222. The quantitative estimate of drug-likeness (QED) is 0.539. The molecule has 1 fully saturated rings. The minimum atomic E-state index is 0.222. The minimum Gasteiger partial charge on any atom is -0.314 e. The predicted octanol–water partition coefficient (Wildman–Crippen LogP) is 1.53. The van der Waals surface area contributed by atoms with Crippen molar-refractivity contribution in [2.75, 3.05) is 0 Å². The van der Waals surface area contributed by atoms with E-state index in [-0.39, 0.29) is 11.9 Å². The van der Waals surface area contributed by atoms with E-state index < -0.39 is 0 Å². The molecule has 0 N–H and O–H groups in total. The molecular weight excluding hydrogens is 126 g/mol. The first kappa shape index (κ1) is 7.32. The highest BCUT2D eigenvalue weighted by Crippen LogP contribution is 2.22. The fourth-order valence-electron chi connectivity index (χ4n) is 1.32. The molecule has 10 heavy (non-hydrogen) atoms. The van der Waals surface area contributed by atoms with Gasteiger partial charge >= 0.3 is 0 Å². The zero-order valence-electron chi connectivity index (χ0n) is 6.55. The molecule has 0 aromatic rings. The van der Waals surface area contributed by atoms with Gasteiger partial charge in [0.15, 0.2) is 0 Å². The molecular formula is C8H13NO. The molecule has 1 amide bonds. The molecule has 56 valence electrons. The summed E-state index contributed by atoms with van der Waals surface area (Å²) in [7, 11) is 0. The third-order valence-electron chi connectivity index (χ3n) is 1.75. The summed E-state index contributed by atoms with van der Waals surface area (Å²) in [6.45, 7) is 7.83. The first-order chi connectivity index (χ1) is 4.63. The second-order valence-electron chi connectivity index (χ2n) is 2.92. The Labute approximate surface area is 61.5 Å². The molecule has 0 spiro atoms. The lowest BCUT2D eigenvalue weighted by Gasteiger charge is -2.21. The second kappa shape index (κ2) is 2.45. The van der Waals surface area contributed by atoms with Gasteiger partial charge in [-0.05, 0) is 20.3 Å². The molecule has 1 aliphatic heterocycles. The van der Waals surface area contributed by atoms with Crippen LogP contribution in [0.1, 0.15) is 26.7 Å². The van der Waals surface area contributed by atoms with Crippen molar-refractivity contribution >= 4 is 5.91 Å². The Morgan fingerprint density at radius 1 is 1.50 bits per heavy atom. The molecule has 0 unspecified atom stereocenters. The first-order valence-corrected chi connectivity index (χ1v) is 3.62. The molecule has 0 aromatic heterocycles. The number of amides is 1. The van der Waals surface area contributed by atoms with Crippen LogP contribution >= 0.6 is 0 Å². The largest absolute Gasteiger partial charge is 0.314 e. The SMILES string of the molecule is C=C1CCC(=O)N1C(C)C. The normalized spacial score (nSPS) is 19.3. The average molecular weight is 139 g/mol. The Bertz CT molecular complexity index is 156. The smallest absolute Gasteiger partial charge is 0.227 e. The van der Waals surface area contributed by atoms with E-state index in [0.717, 1.165) is 12.1 Å². The summed E-state index contributed by atoms with van der Waals surface area (Å²) in [6, 6.07) is 0.280. The molecule has 1 rings (SSSR count). The zero-order valence-corrected chi connectivity index (χ0v) is 6.55. The van der Waals surface area contributed by atoms with Crippen LogP contribution in [0.25, 0.3) is 0 Å². The van der Waals surface area contributed by atoms with E-state index in [1.165, 1.54) is 0 Å². The van der Waals surface area contributed by atoms with E-state index in [2.05, 4.69) is 6.58 Å². The summed E-state index contributed by atoms with van der Waals surface area (Å²) >= 11 is 0. The molecule has 0 radical (unpaired) electrons. The number of nitrogens with zero attached hydrogens (tertiary/aromatic N) is 1. The van der Waals surface area contributed by atoms with E-state index in [0.29, 0.717) is 6.42 Å². The van der Waals surface area contributed by atoms with Gasteiger partial charge in [-0.25, -0.2) is 0 Å². The highest BCUT2D eigenvalue weighted by molar-refractivity contribution is 5.81. The Morgan fingerprint density at radius 3 is 2.30 bits per heavy atom. The molecule has 1 saturated heterocycles. The van der Waals surface area contributed by atoms with Crippen molar-refractivity contribution in [1.82, 2.24) is 4.90 Å². The summed E-state index contributed by atoms with van der Waals surface area (Å²) in [6.07, 6.45) is 1.49. The van der Waals surface area contributed by atoms with Crippen molar-refractivity contribution in [2.45, 2.75) is 32.7 Å². The number of allylic oxidation sites excluding steroid dienone is 1. The number of carbonyl (C=O) groups excluding carboxylic acids is 1. The molecule has 0 saturated carbocycles. The van der Waals surface area contributed by atoms with Gasteiger partial charge in [-0.15, -0.1) is 0 Å². The lowest BCUT2D eigenvalue weighted by atomic mass is 10.3. The van der Waals surface area contributed by atoms with E-state index >= 15 is 0 Å². The fraction of sp³-hybridized carbons (Fsp3) is 0.625. The number of likely N-dealkylation sites (tertiary alicyclic amines) is 1. The van der Waals surface area contributed by atoms with Gasteiger partial charge in [0.2, 0.25) is 5.91 Å². The maximum atomic E-state index is 11.1. The van der Waals surface area contributed by atoms with Crippen LogP contribution in [-0.4, -0.2) is 16.8 Å². The van der Waals surface area contributed by atoms with Crippen LogP contribution in [0.15, 0.2) is 12.3 Å². The van der Waals surface area contributed by atoms with Gasteiger partial charge < -0.3 is 4.90 Å². The van der Waals surface area contributed by atoms with Crippen molar-refractivity contribution in [2.24, 2.45) is 0 Å². The van der Waals surface area contributed by atoms with Crippen molar-refractivity contribution in [3.05, 3.63) is 12.3 Å². The molecule has 2 nitrogen and oxygen atoms in total. The van der Waals surface area contributed by atoms with Crippen LogP contribution in [0.4, 0.5) is 0 Å². The maximum absolute atomic E-state index is 11.1. The van der Waals surface area contributed by atoms with E-state index in [1.54, 1.807) is 4.90 Å². The van der Waals surface area contributed by atoms with Crippen molar-refractivity contribution in [3.8, 4) is 0 Å². The van der Waals surface area contributed by atoms with Gasteiger partial charge in [0.25, 0.3) is 0 Å². The molecule has 2 heteroatoms. The van der Waals surface area contributed by atoms with Crippen LogP contribution in [0.2, 0.25) is 0 Å². The number of carbonyl (C=O) groups is 1. The average Bonchev–Trinajstić information content (AvgIpc) is 2.11.